The Morgan fingerprint density at radius 1 is 1.31 bits per heavy atom. The lowest BCUT2D eigenvalue weighted by molar-refractivity contribution is 0.413. The lowest BCUT2D eigenvalue weighted by atomic mass is 9.95. The maximum absolute atomic E-state index is 12.2. The Balaban J connectivity index is 1.65. The first kappa shape index (κ1) is 21.6. The molecule has 1 heterocycles. The maximum Gasteiger partial charge on any atom is 0.191 e. The molecular weight excluding hydrogens is 382 g/mol. The van der Waals surface area contributed by atoms with Gasteiger partial charge in [0.25, 0.3) is 0 Å². The van der Waals surface area contributed by atoms with E-state index in [0.29, 0.717) is 17.8 Å². The predicted octanol–water partition coefficient (Wildman–Crippen LogP) is 3.23. The van der Waals surface area contributed by atoms with Gasteiger partial charge in [0.15, 0.2) is 5.96 Å². The molecule has 0 saturated heterocycles. The first-order chi connectivity index (χ1) is 14.0. The number of benzene rings is 1. The number of guanidine groups is 1. The first-order valence-electron chi connectivity index (χ1n) is 10.5. The molecule has 1 aliphatic rings. The van der Waals surface area contributed by atoms with E-state index < -0.39 is 10.8 Å². The summed E-state index contributed by atoms with van der Waals surface area (Å²) in [6.07, 6.45) is 4.23. The maximum atomic E-state index is 12.2. The van der Waals surface area contributed by atoms with Crippen molar-refractivity contribution < 1.29 is 4.21 Å². The Morgan fingerprint density at radius 3 is 2.79 bits per heavy atom. The van der Waals surface area contributed by atoms with Crippen LogP contribution in [-0.4, -0.2) is 44.0 Å². The Labute approximate surface area is 176 Å². The van der Waals surface area contributed by atoms with Crippen molar-refractivity contribution in [1.82, 2.24) is 20.4 Å². The number of aliphatic imine (C=N–C) groups is 1. The molecule has 0 spiro atoms. The summed E-state index contributed by atoms with van der Waals surface area (Å²) in [4.78, 5) is 4.41. The zero-order valence-corrected chi connectivity index (χ0v) is 18.8. The van der Waals surface area contributed by atoms with Crippen LogP contribution in [0.4, 0.5) is 0 Å². The second kappa shape index (κ2) is 10.1. The molecule has 1 aliphatic carbocycles. The summed E-state index contributed by atoms with van der Waals surface area (Å²) in [6.45, 7) is 6.75. The van der Waals surface area contributed by atoms with Crippen LogP contribution in [0.1, 0.15) is 49.6 Å². The molecule has 2 aromatic rings. The zero-order valence-electron chi connectivity index (χ0n) is 17.9. The summed E-state index contributed by atoms with van der Waals surface area (Å²) in [5.41, 5.74) is 4.38. The predicted molar refractivity (Wildman–Crippen MR) is 121 cm³/mol. The second-order valence-corrected chi connectivity index (χ2v) is 9.70. The number of rotatable bonds is 6. The first-order valence-corrected chi connectivity index (χ1v) is 11.9. The minimum absolute atomic E-state index is 0.302. The van der Waals surface area contributed by atoms with Crippen molar-refractivity contribution in [3.05, 3.63) is 47.3 Å². The Morgan fingerprint density at radius 2 is 2.10 bits per heavy atom. The van der Waals surface area contributed by atoms with E-state index in [1.165, 1.54) is 0 Å². The summed E-state index contributed by atoms with van der Waals surface area (Å²) in [5, 5.41) is 11.9. The number of nitrogens with one attached hydrogen (secondary N) is 2. The standard InChI is InChI=1S/C22H33N5OS/c1-5-29(28)20-11-8-10-19(14-20)25-22(23-4)24-15-18-9-6-7-12-21(18)27-17(3)13-16(2)26-27/h6-7,9,12-13,19-20H,5,8,10-11,14-15H2,1-4H3,(H2,23,24,25). The van der Waals surface area contributed by atoms with Gasteiger partial charge in [-0.2, -0.15) is 5.10 Å². The van der Waals surface area contributed by atoms with Crippen molar-refractivity contribution in [2.24, 2.45) is 4.99 Å². The third kappa shape index (κ3) is 5.47. The van der Waals surface area contributed by atoms with E-state index in [2.05, 4.69) is 45.8 Å². The van der Waals surface area contributed by atoms with E-state index in [4.69, 9.17) is 0 Å². The largest absolute Gasteiger partial charge is 0.354 e. The van der Waals surface area contributed by atoms with Crippen LogP contribution in [0.25, 0.3) is 5.69 Å². The third-order valence-electron chi connectivity index (χ3n) is 5.52. The SMILES string of the molecule is CCS(=O)C1CCCC(NC(=NC)NCc2ccccc2-n2nc(C)cc2C)C1. The van der Waals surface area contributed by atoms with Gasteiger partial charge in [-0.1, -0.05) is 31.5 Å². The molecule has 0 bridgehead atoms. The van der Waals surface area contributed by atoms with Gasteiger partial charge < -0.3 is 10.6 Å². The fourth-order valence-corrected chi connectivity index (χ4v) is 5.41. The highest BCUT2D eigenvalue weighted by molar-refractivity contribution is 7.85. The summed E-state index contributed by atoms with van der Waals surface area (Å²) in [5.74, 6) is 1.54. The minimum Gasteiger partial charge on any atom is -0.354 e. The molecule has 1 aromatic carbocycles. The fourth-order valence-electron chi connectivity index (χ4n) is 4.06. The normalized spacial score (nSPS) is 21.0. The molecular formula is C22H33N5OS. The van der Waals surface area contributed by atoms with E-state index in [1.807, 2.05) is 30.7 Å². The van der Waals surface area contributed by atoms with Gasteiger partial charge in [0.1, 0.15) is 0 Å². The van der Waals surface area contributed by atoms with Crippen molar-refractivity contribution in [3.8, 4) is 5.69 Å². The van der Waals surface area contributed by atoms with Gasteiger partial charge >= 0.3 is 0 Å². The molecule has 3 unspecified atom stereocenters. The molecule has 29 heavy (non-hydrogen) atoms. The van der Waals surface area contributed by atoms with Gasteiger partial charge in [-0.05, 0) is 50.8 Å². The van der Waals surface area contributed by atoms with Crippen LogP contribution in [0.3, 0.4) is 0 Å². The topological polar surface area (TPSA) is 71.3 Å². The van der Waals surface area contributed by atoms with Crippen molar-refractivity contribution in [2.45, 2.75) is 64.3 Å². The molecule has 7 heteroatoms. The van der Waals surface area contributed by atoms with Gasteiger partial charge in [-0.15, -0.1) is 0 Å². The molecule has 6 nitrogen and oxygen atoms in total. The molecule has 1 aromatic heterocycles. The molecule has 158 valence electrons. The highest BCUT2D eigenvalue weighted by Crippen LogP contribution is 2.23. The van der Waals surface area contributed by atoms with Crippen molar-refractivity contribution in [1.29, 1.82) is 0 Å². The average molecular weight is 416 g/mol. The molecule has 3 atom stereocenters. The van der Waals surface area contributed by atoms with E-state index in [1.54, 1.807) is 7.05 Å². The minimum atomic E-state index is -0.719. The molecule has 3 rings (SSSR count). The van der Waals surface area contributed by atoms with Crippen LogP contribution in [-0.2, 0) is 17.3 Å². The number of hydrogen-bond donors (Lipinski definition) is 2. The Hall–Kier alpha value is -2.15. The third-order valence-corrected chi connectivity index (χ3v) is 7.26. The van der Waals surface area contributed by atoms with E-state index >= 15 is 0 Å². The monoisotopic (exact) mass is 415 g/mol. The Kier molecular flexibility index (Phi) is 7.47. The quantitative estimate of drug-likeness (QED) is 0.561. The number of nitrogens with zero attached hydrogens (tertiary/aromatic N) is 3. The number of aromatic nitrogens is 2. The van der Waals surface area contributed by atoms with E-state index in [-0.39, 0.29) is 0 Å². The van der Waals surface area contributed by atoms with Crippen LogP contribution in [0.15, 0.2) is 35.3 Å². The number of para-hydroxylation sites is 1. The smallest absolute Gasteiger partial charge is 0.191 e. The van der Waals surface area contributed by atoms with Crippen LogP contribution in [0, 0.1) is 13.8 Å². The number of aryl methyl sites for hydroxylation is 2. The molecule has 0 amide bonds. The van der Waals surface area contributed by atoms with Crippen LogP contribution < -0.4 is 10.6 Å². The molecule has 2 N–H and O–H groups in total. The highest BCUT2D eigenvalue weighted by atomic mass is 32.2. The Bertz CT molecular complexity index is 876. The number of hydrogen-bond acceptors (Lipinski definition) is 3. The second-order valence-electron chi connectivity index (χ2n) is 7.69. The zero-order chi connectivity index (χ0) is 20.8. The van der Waals surface area contributed by atoms with Gasteiger partial charge in [-0.3, -0.25) is 9.20 Å². The van der Waals surface area contributed by atoms with Gasteiger partial charge in [0, 0.05) is 47.1 Å². The van der Waals surface area contributed by atoms with E-state index in [9.17, 15) is 4.21 Å². The lowest BCUT2D eigenvalue weighted by Crippen LogP contribution is -2.46. The fraction of sp³-hybridized carbons (Fsp3) is 0.545. The van der Waals surface area contributed by atoms with Gasteiger partial charge in [0.05, 0.1) is 11.4 Å². The molecule has 1 saturated carbocycles. The van der Waals surface area contributed by atoms with Crippen molar-refractivity contribution in [2.75, 3.05) is 12.8 Å². The van der Waals surface area contributed by atoms with Gasteiger partial charge in [0.2, 0.25) is 0 Å². The summed E-state index contributed by atoms with van der Waals surface area (Å²) < 4.78 is 14.2. The average Bonchev–Trinajstić information content (AvgIpc) is 3.08. The molecule has 0 radical (unpaired) electrons. The van der Waals surface area contributed by atoms with Crippen molar-refractivity contribution in [3.63, 3.8) is 0 Å². The van der Waals surface area contributed by atoms with Crippen molar-refractivity contribution >= 4 is 16.8 Å². The van der Waals surface area contributed by atoms with Crippen LogP contribution >= 0.6 is 0 Å². The summed E-state index contributed by atoms with van der Waals surface area (Å²) in [7, 11) is 1.08. The molecule has 1 fully saturated rings. The van der Waals surface area contributed by atoms with Crippen LogP contribution in [0.5, 0.6) is 0 Å². The summed E-state index contributed by atoms with van der Waals surface area (Å²) in [6, 6.07) is 10.7. The highest BCUT2D eigenvalue weighted by Gasteiger charge is 2.26. The van der Waals surface area contributed by atoms with Gasteiger partial charge in [-0.25, -0.2) is 4.68 Å². The molecule has 0 aliphatic heterocycles. The lowest BCUT2D eigenvalue weighted by Gasteiger charge is -2.30. The van der Waals surface area contributed by atoms with E-state index in [0.717, 1.165) is 60.0 Å². The summed E-state index contributed by atoms with van der Waals surface area (Å²) >= 11 is 0. The van der Waals surface area contributed by atoms with Crippen LogP contribution in [0.2, 0.25) is 0 Å².